The first-order valence-electron chi connectivity index (χ1n) is 10.4. The van der Waals surface area contributed by atoms with Crippen LogP contribution in [0.2, 0.25) is 5.02 Å². The minimum atomic E-state index is -1.30. The average molecular weight is 494 g/mol. The number of methoxy groups -OCH3 is 1. The first-order valence-corrected chi connectivity index (χ1v) is 10.8. The van der Waals surface area contributed by atoms with Crippen molar-refractivity contribution in [1.29, 1.82) is 0 Å². The number of hydrogen-bond donors (Lipinski definition) is 2. The van der Waals surface area contributed by atoms with Gasteiger partial charge in [-0.25, -0.2) is 14.7 Å². The number of benzene rings is 2. The van der Waals surface area contributed by atoms with Gasteiger partial charge in [0.15, 0.2) is 0 Å². The van der Waals surface area contributed by atoms with E-state index in [-0.39, 0.29) is 17.7 Å². The van der Waals surface area contributed by atoms with Crippen molar-refractivity contribution < 1.29 is 23.9 Å². The number of hydrazine groups is 1. The van der Waals surface area contributed by atoms with E-state index >= 15 is 0 Å². The third-order valence-corrected chi connectivity index (χ3v) is 5.49. The minimum Gasteiger partial charge on any atom is -0.497 e. The van der Waals surface area contributed by atoms with E-state index in [0.29, 0.717) is 16.5 Å². The number of nitrogens with zero attached hydrogens (tertiary/aromatic N) is 3. The molecule has 1 aliphatic heterocycles. The van der Waals surface area contributed by atoms with E-state index in [4.69, 9.17) is 16.3 Å². The van der Waals surface area contributed by atoms with Crippen molar-refractivity contribution in [3.8, 4) is 5.75 Å². The number of aromatic nitrogens is 1. The van der Waals surface area contributed by atoms with E-state index in [9.17, 15) is 19.2 Å². The molecule has 0 saturated carbocycles. The Morgan fingerprint density at radius 1 is 1.00 bits per heavy atom. The number of hydrogen-bond acceptors (Lipinski definition) is 6. The van der Waals surface area contributed by atoms with Gasteiger partial charge in [0.05, 0.1) is 19.2 Å². The first-order chi connectivity index (χ1) is 16.9. The van der Waals surface area contributed by atoms with Gasteiger partial charge in [0.25, 0.3) is 5.91 Å². The zero-order chi connectivity index (χ0) is 24.9. The summed E-state index contributed by atoms with van der Waals surface area (Å²) in [5.41, 5.74) is 3.37. The SMILES string of the molecule is COc1ccc(NC(=O)C2CC(=O)N(c3ccc(Cl)cc3)C(=O)N2NC(=O)c2ccncc2)cc1. The number of anilines is 2. The summed E-state index contributed by atoms with van der Waals surface area (Å²) in [5, 5.41) is 3.95. The second-order valence-corrected chi connectivity index (χ2v) is 7.91. The number of ether oxygens (including phenoxy) is 1. The molecule has 10 nitrogen and oxygen atoms in total. The van der Waals surface area contributed by atoms with Gasteiger partial charge in [0, 0.05) is 28.7 Å². The maximum absolute atomic E-state index is 13.4. The molecule has 35 heavy (non-hydrogen) atoms. The lowest BCUT2D eigenvalue weighted by atomic mass is 10.1. The van der Waals surface area contributed by atoms with Crippen molar-refractivity contribution in [2.45, 2.75) is 12.5 Å². The van der Waals surface area contributed by atoms with E-state index in [0.717, 1.165) is 9.91 Å². The van der Waals surface area contributed by atoms with Crippen molar-refractivity contribution in [2.75, 3.05) is 17.3 Å². The third-order valence-electron chi connectivity index (χ3n) is 5.24. The van der Waals surface area contributed by atoms with Crippen LogP contribution in [0.5, 0.6) is 5.75 Å². The number of imide groups is 1. The van der Waals surface area contributed by atoms with E-state index in [1.54, 1.807) is 24.3 Å². The molecule has 1 aromatic heterocycles. The van der Waals surface area contributed by atoms with Crippen LogP contribution in [0.4, 0.5) is 16.2 Å². The van der Waals surface area contributed by atoms with Crippen molar-refractivity contribution >= 4 is 46.7 Å². The Balaban J connectivity index is 1.63. The molecule has 0 spiro atoms. The van der Waals surface area contributed by atoms with E-state index in [1.165, 1.54) is 55.9 Å². The predicted octanol–water partition coefficient (Wildman–Crippen LogP) is 3.25. The van der Waals surface area contributed by atoms with Crippen LogP contribution < -0.4 is 20.4 Å². The molecule has 2 aromatic carbocycles. The summed E-state index contributed by atoms with van der Waals surface area (Å²) in [6.07, 6.45) is 2.47. The monoisotopic (exact) mass is 493 g/mol. The highest BCUT2D eigenvalue weighted by atomic mass is 35.5. The van der Waals surface area contributed by atoms with Gasteiger partial charge in [-0.1, -0.05) is 11.6 Å². The summed E-state index contributed by atoms with van der Waals surface area (Å²) in [4.78, 5) is 57.1. The first kappa shape index (κ1) is 23.7. The average Bonchev–Trinajstić information content (AvgIpc) is 2.87. The highest BCUT2D eigenvalue weighted by Crippen LogP contribution is 2.26. The zero-order valence-corrected chi connectivity index (χ0v) is 19.2. The quantitative estimate of drug-likeness (QED) is 0.543. The van der Waals surface area contributed by atoms with Gasteiger partial charge in [-0.3, -0.25) is 24.8 Å². The van der Waals surface area contributed by atoms with Crippen molar-refractivity contribution in [2.24, 2.45) is 0 Å². The molecule has 0 bridgehead atoms. The number of carbonyl (C=O) groups is 4. The fraction of sp³-hybridized carbons (Fsp3) is 0.125. The lowest BCUT2D eigenvalue weighted by Gasteiger charge is -2.38. The number of rotatable bonds is 6. The van der Waals surface area contributed by atoms with Gasteiger partial charge >= 0.3 is 6.03 Å². The lowest BCUT2D eigenvalue weighted by molar-refractivity contribution is -0.128. The van der Waals surface area contributed by atoms with Crippen LogP contribution in [0.15, 0.2) is 73.1 Å². The van der Waals surface area contributed by atoms with Crippen molar-refractivity contribution in [3.63, 3.8) is 0 Å². The standard InChI is InChI=1S/C24H20ClN5O5/c1-35-19-8-4-17(5-9-19)27-23(33)20-14-21(31)29(18-6-2-16(25)3-7-18)24(34)30(20)28-22(32)15-10-12-26-13-11-15/h2-13,20H,14H2,1H3,(H,27,33)(H,28,32). The van der Waals surface area contributed by atoms with Crippen LogP contribution in [0.3, 0.4) is 0 Å². The highest BCUT2D eigenvalue weighted by Gasteiger charge is 2.44. The summed E-state index contributed by atoms with van der Waals surface area (Å²) < 4.78 is 5.11. The molecular formula is C24H20ClN5O5. The Kier molecular flexibility index (Phi) is 6.93. The van der Waals surface area contributed by atoms with Crippen LogP contribution in [0.25, 0.3) is 0 Å². The fourth-order valence-electron chi connectivity index (χ4n) is 3.45. The predicted molar refractivity (Wildman–Crippen MR) is 128 cm³/mol. The maximum atomic E-state index is 13.4. The van der Waals surface area contributed by atoms with Crippen molar-refractivity contribution in [1.82, 2.24) is 15.4 Å². The number of pyridine rings is 1. The molecule has 5 amide bonds. The van der Waals surface area contributed by atoms with Crippen LogP contribution in [0, 0.1) is 0 Å². The summed E-state index contributed by atoms with van der Waals surface area (Å²) in [5.74, 6) is -1.31. The molecule has 1 unspecified atom stereocenters. The Morgan fingerprint density at radius 2 is 1.66 bits per heavy atom. The molecule has 2 heterocycles. The number of halogens is 1. The van der Waals surface area contributed by atoms with Gasteiger partial charge < -0.3 is 10.1 Å². The second kappa shape index (κ2) is 10.2. The Morgan fingerprint density at radius 3 is 2.29 bits per heavy atom. The van der Waals surface area contributed by atoms with Crippen molar-refractivity contribution in [3.05, 3.63) is 83.6 Å². The number of carbonyl (C=O) groups excluding carboxylic acids is 4. The van der Waals surface area contributed by atoms with E-state index in [1.807, 2.05) is 0 Å². The Bertz CT molecular complexity index is 1250. The molecule has 0 radical (unpaired) electrons. The summed E-state index contributed by atoms with van der Waals surface area (Å²) in [6, 6.07) is 13.3. The highest BCUT2D eigenvalue weighted by molar-refractivity contribution is 6.30. The molecule has 1 saturated heterocycles. The summed E-state index contributed by atoms with van der Waals surface area (Å²) >= 11 is 5.93. The molecule has 2 N–H and O–H groups in total. The third kappa shape index (κ3) is 5.22. The zero-order valence-electron chi connectivity index (χ0n) is 18.5. The van der Waals surface area contributed by atoms with E-state index in [2.05, 4.69) is 15.7 Å². The molecule has 1 fully saturated rings. The number of amides is 5. The molecule has 1 aliphatic rings. The molecule has 11 heteroatoms. The molecule has 178 valence electrons. The van der Waals surface area contributed by atoms with Crippen LogP contribution >= 0.6 is 11.6 Å². The van der Waals surface area contributed by atoms with Crippen LogP contribution in [0.1, 0.15) is 16.8 Å². The van der Waals surface area contributed by atoms with E-state index < -0.39 is 29.8 Å². The largest absolute Gasteiger partial charge is 0.497 e. The lowest BCUT2D eigenvalue weighted by Crippen LogP contribution is -2.65. The number of urea groups is 1. The molecule has 4 rings (SSSR count). The van der Waals surface area contributed by atoms with Gasteiger partial charge in [0.2, 0.25) is 11.8 Å². The molecule has 1 atom stereocenters. The van der Waals surface area contributed by atoms with Crippen LogP contribution in [-0.4, -0.2) is 46.9 Å². The topological polar surface area (TPSA) is 121 Å². The number of nitrogens with one attached hydrogen (secondary N) is 2. The molecular weight excluding hydrogens is 474 g/mol. The smallest absolute Gasteiger partial charge is 0.350 e. The molecule has 3 aromatic rings. The fourth-order valence-corrected chi connectivity index (χ4v) is 3.58. The van der Waals surface area contributed by atoms with Gasteiger partial charge in [0.1, 0.15) is 11.8 Å². The van der Waals surface area contributed by atoms with Gasteiger partial charge in [-0.05, 0) is 60.7 Å². The maximum Gasteiger partial charge on any atom is 0.350 e. The van der Waals surface area contributed by atoms with Crippen LogP contribution in [-0.2, 0) is 9.59 Å². The Labute approximate surface area is 205 Å². The summed E-state index contributed by atoms with van der Waals surface area (Å²) in [7, 11) is 1.52. The Hall–Kier alpha value is -4.44. The summed E-state index contributed by atoms with van der Waals surface area (Å²) in [6.45, 7) is 0. The minimum absolute atomic E-state index is 0.219. The normalized spacial score (nSPS) is 15.5. The van der Waals surface area contributed by atoms with Gasteiger partial charge in [-0.15, -0.1) is 0 Å². The van der Waals surface area contributed by atoms with Gasteiger partial charge in [-0.2, -0.15) is 0 Å². The molecule has 0 aliphatic carbocycles. The second-order valence-electron chi connectivity index (χ2n) is 7.47.